The van der Waals surface area contributed by atoms with Gasteiger partial charge in [-0.1, -0.05) is 28.7 Å². The lowest BCUT2D eigenvalue weighted by molar-refractivity contribution is -0.135. The molecule has 4 nitrogen and oxygen atoms in total. The Morgan fingerprint density at radius 1 is 1.39 bits per heavy atom. The van der Waals surface area contributed by atoms with Gasteiger partial charge in [-0.05, 0) is 19.3 Å². The number of rotatable bonds is 7. The van der Waals surface area contributed by atoms with Crippen LogP contribution < -0.4 is 0 Å². The molecule has 3 atom stereocenters. The van der Waals surface area contributed by atoms with Gasteiger partial charge in [0.25, 0.3) is 0 Å². The van der Waals surface area contributed by atoms with Crippen molar-refractivity contribution in [3.8, 4) is 0 Å². The number of hydrogen-bond donors (Lipinski definition) is 0. The van der Waals surface area contributed by atoms with Crippen LogP contribution in [0.25, 0.3) is 0 Å². The summed E-state index contributed by atoms with van der Waals surface area (Å²) in [6, 6.07) is 0.370. The second-order valence-corrected chi connectivity index (χ2v) is 6.04. The van der Waals surface area contributed by atoms with E-state index >= 15 is 0 Å². The van der Waals surface area contributed by atoms with Crippen molar-refractivity contribution in [2.75, 3.05) is 27.4 Å². The highest BCUT2D eigenvalue weighted by Crippen LogP contribution is 2.27. The number of methoxy groups -OCH3 is 2. The van der Waals surface area contributed by atoms with Gasteiger partial charge in [0.1, 0.15) is 0 Å². The Hall–Kier alpha value is -0.140. The van der Waals surface area contributed by atoms with Crippen LogP contribution in [0.4, 0.5) is 0 Å². The lowest BCUT2D eigenvalue weighted by atomic mass is 10.2. The van der Waals surface area contributed by atoms with E-state index in [2.05, 4.69) is 29.2 Å². The van der Waals surface area contributed by atoms with Gasteiger partial charge in [-0.25, -0.2) is 0 Å². The first-order chi connectivity index (χ1) is 8.65. The van der Waals surface area contributed by atoms with Crippen LogP contribution in [0.2, 0.25) is 0 Å². The number of carbonyl (C=O) groups excluding carboxylic acids is 1. The molecule has 1 amide bonds. The molecule has 1 heterocycles. The summed E-state index contributed by atoms with van der Waals surface area (Å²) in [6.45, 7) is 4.90. The van der Waals surface area contributed by atoms with Gasteiger partial charge in [0, 0.05) is 14.2 Å². The van der Waals surface area contributed by atoms with Crippen LogP contribution in [-0.4, -0.2) is 54.2 Å². The molecule has 0 aromatic heterocycles. The predicted octanol–water partition coefficient (Wildman–Crippen LogP) is 2.02. The van der Waals surface area contributed by atoms with E-state index in [0.717, 1.165) is 12.8 Å². The second-order valence-electron chi connectivity index (χ2n) is 4.53. The van der Waals surface area contributed by atoms with Crippen LogP contribution >= 0.6 is 22.6 Å². The van der Waals surface area contributed by atoms with Gasteiger partial charge >= 0.3 is 0 Å². The summed E-state index contributed by atoms with van der Waals surface area (Å²) < 4.78 is 10.4. The molecule has 104 valence electrons. The van der Waals surface area contributed by atoms with Crippen molar-refractivity contribution in [2.24, 2.45) is 0 Å². The van der Waals surface area contributed by atoms with Crippen molar-refractivity contribution >= 4 is 28.5 Å². The van der Waals surface area contributed by atoms with Gasteiger partial charge in [0.05, 0.1) is 29.2 Å². The highest BCUT2D eigenvalue weighted by molar-refractivity contribution is 14.1. The summed E-state index contributed by atoms with van der Waals surface area (Å²) >= 11 is 2.19. The average Bonchev–Trinajstić information content (AvgIpc) is 2.73. The summed E-state index contributed by atoms with van der Waals surface area (Å²) in [7, 11) is 3.36. The molecule has 1 fully saturated rings. The predicted molar refractivity (Wildman–Crippen MR) is 80.0 cm³/mol. The van der Waals surface area contributed by atoms with Crippen LogP contribution in [0.3, 0.4) is 0 Å². The Morgan fingerprint density at radius 3 is 2.28 bits per heavy atom. The first-order valence-electron chi connectivity index (χ1n) is 6.20. The molecule has 1 aliphatic rings. The molecule has 5 heteroatoms. The van der Waals surface area contributed by atoms with Crippen LogP contribution in [0, 0.1) is 0 Å². The molecule has 1 rings (SSSR count). The van der Waals surface area contributed by atoms with Crippen LogP contribution in [0.15, 0.2) is 12.7 Å². The standard InChI is InChI=1S/C13H22INO3/c1-4-5-12(14)13(16)15-10(8-17-2)6-7-11(15)9-18-3/h4,10-12H,1,5-9H2,2-3H3/t10-,11-,12+/m1/s1. The Balaban J connectivity index is 2.74. The highest BCUT2D eigenvalue weighted by Gasteiger charge is 2.38. The van der Waals surface area contributed by atoms with E-state index in [9.17, 15) is 4.79 Å². The van der Waals surface area contributed by atoms with Gasteiger partial charge in [0.15, 0.2) is 0 Å². The molecule has 0 bridgehead atoms. The summed E-state index contributed by atoms with van der Waals surface area (Å²) in [5.74, 6) is 0.178. The maximum absolute atomic E-state index is 12.5. The summed E-state index contributed by atoms with van der Waals surface area (Å²) in [5.41, 5.74) is 0. The fraction of sp³-hybridized carbons (Fsp3) is 0.769. The summed E-state index contributed by atoms with van der Waals surface area (Å²) in [6.07, 6.45) is 4.48. The summed E-state index contributed by atoms with van der Waals surface area (Å²) in [4.78, 5) is 14.4. The van der Waals surface area contributed by atoms with Crippen molar-refractivity contribution in [2.45, 2.75) is 35.3 Å². The average molecular weight is 367 g/mol. The molecule has 0 aliphatic carbocycles. The van der Waals surface area contributed by atoms with Crippen molar-refractivity contribution in [1.29, 1.82) is 0 Å². The van der Waals surface area contributed by atoms with Crippen LogP contribution in [0.1, 0.15) is 19.3 Å². The minimum Gasteiger partial charge on any atom is -0.383 e. The third kappa shape index (κ3) is 3.93. The van der Waals surface area contributed by atoms with Crippen molar-refractivity contribution in [3.63, 3.8) is 0 Å². The molecular weight excluding hydrogens is 345 g/mol. The maximum Gasteiger partial charge on any atom is 0.236 e. The van der Waals surface area contributed by atoms with Gasteiger partial charge in [0.2, 0.25) is 5.91 Å². The molecule has 0 aromatic rings. The Labute approximate surface area is 123 Å². The van der Waals surface area contributed by atoms with E-state index < -0.39 is 0 Å². The molecule has 1 saturated heterocycles. The number of ether oxygens (including phenoxy) is 2. The molecule has 0 radical (unpaired) electrons. The topological polar surface area (TPSA) is 38.8 Å². The van der Waals surface area contributed by atoms with E-state index in [4.69, 9.17) is 9.47 Å². The smallest absolute Gasteiger partial charge is 0.236 e. The molecule has 1 aliphatic heterocycles. The quantitative estimate of drug-likeness (QED) is 0.393. The molecule has 0 unspecified atom stereocenters. The maximum atomic E-state index is 12.5. The number of likely N-dealkylation sites (tertiary alicyclic amines) is 1. The number of amides is 1. The molecule has 18 heavy (non-hydrogen) atoms. The molecule has 0 saturated carbocycles. The van der Waals surface area contributed by atoms with Crippen molar-refractivity contribution in [3.05, 3.63) is 12.7 Å². The number of allylic oxidation sites excluding steroid dienone is 1. The zero-order valence-corrected chi connectivity index (χ0v) is 13.3. The number of carbonyl (C=O) groups is 1. The van der Waals surface area contributed by atoms with Crippen LogP contribution in [0.5, 0.6) is 0 Å². The Morgan fingerprint density at radius 2 is 1.89 bits per heavy atom. The monoisotopic (exact) mass is 367 g/mol. The highest BCUT2D eigenvalue weighted by atomic mass is 127. The lowest BCUT2D eigenvalue weighted by Crippen LogP contribution is -2.47. The Bertz CT molecular complexity index is 271. The minimum absolute atomic E-state index is 0.0445. The van der Waals surface area contributed by atoms with E-state index in [1.54, 1.807) is 20.3 Å². The van der Waals surface area contributed by atoms with Gasteiger partial charge in [-0.2, -0.15) is 0 Å². The first-order valence-corrected chi connectivity index (χ1v) is 7.45. The lowest BCUT2D eigenvalue weighted by Gasteiger charge is -2.31. The third-order valence-corrected chi connectivity index (χ3v) is 4.28. The molecule has 0 aromatic carbocycles. The van der Waals surface area contributed by atoms with E-state index in [1.807, 2.05) is 4.90 Å². The second kappa shape index (κ2) is 8.12. The normalized spacial score (nSPS) is 25.2. The Kier molecular flexibility index (Phi) is 7.18. The number of hydrogen-bond acceptors (Lipinski definition) is 3. The van der Waals surface area contributed by atoms with Crippen molar-refractivity contribution in [1.82, 2.24) is 4.90 Å². The van der Waals surface area contributed by atoms with E-state index in [-0.39, 0.29) is 21.9 Å². The van der Waals surface area contributed by atoms with E-state index in [1.165, 1.54) is 0 Å². The molecule has 0 spiro atoms. The van der Waals surface area contributed by atoms with Crippen molar-refractivity contribution < 1.29 is 14.3 Å². The van der Waals surface area contributed by atoms with Gasteiger partial charge in [-0.3, -0.25) is 4.79 Å². The fourth-order valence-electron chi connectivity index (χ4n) is 2.44. The van der Waals surface area contributed by atoms with Crippen LogP contribution in [-0.2, 0) is 14.3 Å². The zero-order valence-electron chi connectivity index (χ0n) is 11.1. The van der Waals surface area contributed by atoms with Gasteiger partial charge in [-0.15, -0.1) is 6.58 Å². The van der Waals surface area contributed by atoms with Gasteiger partial charge < -0.3 is 14.4 Å². The van der Waals surface area contributed by atoms with E-state index in [0.29, 0.717) is 19.6 Å². The fourth-order valence-corrected chi connectivity index (χ4v) is 3.12. The number of halogens is 1. The first kappa shape index (κ1) is 15.9. The number of nitrogens with zero attached hydrogens (tertiary/aromatic N) is 1. The SMILES string of the molecule is C=CC[C@H](I)C(=O)N1[C@@H](COC)CC[C@@H]1COC. The third-order valence-electron chi connectivity index (χ3n) is 3.23. The minimum atomic E-state index is -0.0445. The number of alkyl halides is 1. The molecule has 0 N–H and O–H groups in total. The summed E-state index contributed by atoms with van der Waals surface area (Å²) in [5, 5.41) is 0. The molecular formula is C13H22INO3. The zero-order chi connectivity index (χ0) is 13.5. The largest absolute Gasteiger partial charge is 0.383 e.